The van der Waals surface area contributed by atoms with Gasteiger partial charge in [0.25, 0.3) is 0 Å². The fourth-order valence-corrected chi connectivity index (χ4v) is 3.46. The summed E-state index contributed by atoms with van der Waals surface area (Å²) in [5.74, 6) is 0.0372. The Morgan fingerprint density at radius 3 is 3.20 bits per heavy atom. The minimum absolute atomic E-state index is 0.363. The summed E-state index contributed by atoms with van der Waals surface area (Å²) in [6.45, 7) is 1.49. The average molecular weight is 292 g/mol. The second-order valence-corrected chi connectivity index (χ2v) is 6.04. The molecule has 0 aromatic carbocycles. The summed E-state index contributed by atoms with van der Waals surface area (Å²) in [5.41, 5.74) is 0. The van der Waals surface area contributed by atoms with E-state index in [0.29, 0.717) is 6.54 Å². The van der Waals surface area contributed by atoms with Crippen LogP contribution in [0.5, 0.6) is 0 Å². The van der Waals surface area contributed by atoms with Crippen LogP contribution in [0.25, 0.3) is 10.8 Å². The van der Waals surface area contributed by atoms with Gasteiger partial charge in [-0.25, -0.2) is 4.98 Å². The van der Waals surface area contributed by atoms with E-state index in [9.17, 15) is 9.90 Å². The maximum atomic E-state index is 11.3. The van der Waals surface area contributed by atoms with Crippen molar-refractivity contribution in [1.82, 2.24) is 9.88 Å². The first kappa shape index (κ1) is 13.3. The van der Waals surface area contributed by atoms with Crippen molar-refractivity contribution >= 4 is 17.3 Å². The number of rotatable bonds is 4. The Kier molecular flexibility index (Phi) is 3.84. The van der Waals surface area contributed by atoms with E-state index in [1.165, 1.54) is 0 Å². The van der Waals surface area contributed by atoms with Gasteiger partial charge in [0.15, 0.2) is 10.8 Å². The zero-order chi connectivity index (χ0) is 13.9. The minimum atomic E-state index is -0.722. The summed E-state index contributed by atoms with van der Waals surface area (Å²) >= 11 is 1.56. The maximum absolute atomic E-state index is 11.3. The highest BCUT2D eigenvalue weighted by molar-refractivity contribution is 7.14. The van der Waals surface area contributed by atoms with Gasteiger partial charge in [-0.2, -0.15) is 0 Å². The second-order valence-electron chi connectivity index (χ2n) is 4.93. The van der Waals surface area contributed by atoms with Crippen LogP contribution in [0.4, 0.5) is 0 Å². The number of likely N-dealkylation sites (tertiary alicyclic amines) is 1. The molecule has 3 heterocycles. The van der Waals surface area contributed by atoms with Gasteiger partial charge in [-0.05, 0) is 31.5 Å². The Labute approximate surface area is 120 Å². The average Bonchev–Trinajstić information content (AvgIpc) is 3.09. The zero-order valence-corrected chi connectivity index (χ0v) is 11.8. The van der Waals surface area contributed by atoms with Gasteiger partial charge in [0.2, 0.25) is 0 Å². The number of carboxylic acids is 1. The number of nitrogens with zero attached hydrogens (tertiary/aromatic N) is 2. The molecule has 0 bridgehead atoms. The van der Waals surface area contributed by atoms with Crippen molar-refractivity contribution < 1.29 is 14.3 Å². The van der Waals surface area contributed by atoms with E-state index in [1.54, 1.807) is 17.6 Å². The molecule has 6 heteroatoms. The SMILES string of the molecule is O=C(O)C1CCCCN1Cc1cnc(-c2ccco2)s1. The van der Waals surface area contributed by atoms with Gasteiger partial charge in [-0.15, -0.1) is 11.3 Å². The lowest BCUT2D eigenvalue weighted by atomic mass is 10.0. The zero-order valence-electron chi connectivity index (χ0n) is 11.0. The third-order valence-corrected chi connectivity index (χ3v) is 4.54. The smallest absolute Gasteiger partial charge is 0.320 e. The molecule has 1 fully saturated rings. The lowest BCUT2D eigenvalue weighted by molar-refractivity contribution is -0.144. The summed E-state index contributed by atoms with van der Waals surface area (Å²) < 4.78 is 5.32. The monoisotopic (exact) mass is 292 g/mol. The number of hydrogen-bond donors (Lipinski definition) is 1. The highest BCUT2D eigenvalue weighted by Crippen LogP contribution is 2.28. The lowest BCUT2D eigenvalue weighted by Gasteiger charge is -2.32. The highest BCUT2D eigenvalue weighted by atomic mass is 32.1. The summed E-state index contributed by atoms with van der Waals surface area (Å²) in [6.07, 6.45) is 6.23. The molecule has 1 aliphatic heterocycles. The van der Waals surface area contributed by atoms with E-state index in [4.69, 9.17) is 4.42 Å². The van der Waals surface area contributed by atoms with E-state index < -0.39 is 5.97 Å². The molecule has 1 saturated heterocycles. The first-order chi connectivity index (χ1) is 9.74. The molecule has 1 N–H and O–H groups in total. The minimum Gasteiger partial charge on any atom is -0.480 e. The van der Waals surface area contributed by atoms with Gasteiger partial charge in [0.1, 0.15) is 6.04 Å². The summed E-state index contributed by atoms with van der Waals surface area (Å²) in [7, 11) is 0. The van der Waals surface area contributed by atoms with Crippen molar-refractivity contribution in [3.63, 3.8) is 0 Å². The largest absolute Gasteiger partial charge is 0.480 e. The molecule has 1 aliphatic rings. The third-order valence-electron chi connectivity index (χ3n) is 3.54. The molecule has 2 aromatic heterocycles. The standard InChI is InChI=1S/C14H16N2O3S/c17-14(18)11-4-1-2-6-16(11)9-10-8-15-13(20-10)12-5-3-7-19-12/h3,5,7-8,11H,1-2,4,6,9H2,(H,17,18). The third kappa shape index (κ3) is 2.76. The second kappa shape index (κ2) is 5.76. The Hall–Kier alpha value is -1.66. The van der Waals surface area contributed by atoms with E-state index >= 15 is 0 Å². The Bertz CT molecular complexity index is 579. The summed E-state index contributed by atoms with van der Waals surface area (Å²) in [6, 6.07) is 3.35. The van der Waals surface area contributed by atoms with Crippen LogP contribution in [0.2, 0.25) is 0 Å². The quantitative estimate of drug-likeness (QED) is 0.938. The first-order valence-corrected chi connectivity index (χ1v) is 7.51. The molecule has 0 radical (unpaired) electrons. The number of aliphatic carboxylic acids is 1. The van der Waals surface area contributed by atoms with E-state index in [0.717, 1.165) is 41.5 Å². The highest BCUT2D eigenvalue weighted by Gasteiger charge is 2.28. The van der Waals surface area contributed by atoms with Crippen LogP contribution in [0.15, 0.2) is 29.0 Å². The van der Waals surface area contributed by atoms with E-state index in [-0.39, 0.29) is 6.04 Å². The molecule has 0 saturated carbocycles. The van der Waals surface area contributed by atoms with Crippen molar-refractivity contribution in [2.75, 3.05) is 6.54 Å². The van der Waals surface area contributed by atoms with Gasteiger partial charge in [0, 0.05) is 17.6 Å². The van der Waals surface area contributed by atoms with Crippen molar-refractivity contribution in [1.29, 1.82) is 0 Å². The van der Waals surface area contributed by atoms with E-state index in [2.05, 4.69) is 4.98 Å². The Balaban J connectivity index is 1.72. The number of hydrogen-bond acceptors (Lipinski definition) is 5. The molecule has 106 valence electrons. The van der Waals surface area contributed by atoms with E-state index in [1.807, 2.05) is 23.2 Å². The van der Waals surface area contributed by atoms with Crippen molar-refractivity contribution in [2.45, 2.75) is 31.8 Å². The molecule has 20 heavy (non-hydrogen) atoms. The summed E-state index contributed by atoms with van der Waals surface area (Å²) in [4.78, 5) is 18.7. The number of piperidine rings is 1. The Morgan fingerprint density at radius 1 is 1.55 bits per heavy atom. The Morgan fingerprint density at radius 2 is 2.45 bits per heavy atom. The molecule has 1 unspecified atom stereocenters. The molecule has 3 rings (SSSR count). The van der Waals surface area contributed by atoms with Crippen molar-refractivity contribution in [2.24, 2.45) is 0 Å². The van der Waals surface area contributed by atoms with Gasteiger partial charge in [0.05, 0.1) is 6.26 Å². The first-order valence-electron chi connectivity index (χ1n) is 6.69. The molecule has 5 nitrogen and oxygen atoms in total. The molecule has 1 atom stereocenters. The molecule has 0 spiro atoms. The van der Waals surface area contributed by atoms with Gasteiger partial charge < -0.3 is 9.52 Å². The molecular weight excluding hydrogens is 276 g/mol. The van der Waals surface area contributed by atoms with Crippen LogP contribution in [0.3, 0.4) is 0 Å². The number of aromatic nitrogens is 1. The normalized spacial score (nSPS) is 20.1. The van der Waals surface area contributed by atoms with Crippen LogP contribution in [0, 0.1) is 0 Å². The number of carbonyl (C=O) groups is 1. The fourth-order valence-electron chi connectivity index (χ4n) is 2.55. The molecule has 2 aromatic rings. The summed E-state index contributed by atoms with van der Waals surface area (Å²) in [5, 5.41) is 10.1. The van der Waals surface area contributed by atoms with Crippen LogP contribution in [-0.2, 0) is 11.3 Å². The van der Waals surface area contributed by atoms with Gasteiger partial charge >= 0.3 is 5.97 Å². The van der Waals surface area contributed by atoms with Gasteiger partial charge in [-0.1, -0.05) is 6.42 Å². The van der Waals surface area contributed by atoms with Crippen LogP contribution < -0.4 is 0 Å². The van der Waals surface area contributed by atoms with Crippen molar-refractivity contribution in [3.8, 4) is 10.8 Å². The lowest BCUT2D eigenvalue weighted by Crippen LogP contribution is -2.43. The van der Waals surface area contributed by atoms with Crippen LogP contribution in [-0.4, -0.2) is 33.5 Å². The number of carboxylic acid groups (broad SMARTS) is 1. The maximum Gasteiger partial charge on any atom is 0.320 e. The van der Waals surface area contributed by atoms with Crippen molar-refractivity contribution in [3.05, 3.63) is 29.5 Å². The topological polar surface area (TPSA) is 66.6 Å². The number of thiazole rings is 1. The predicted octanol–water partition coefficient (Wildman–Crippen LogP) is 2.84. The number of furan rings is 1. The fraction of sp³-hybridized carbons (Fsp3) is 0.429. The van der Waals surface area contributed by atoms with Crippen LogP contribution in [0.1, 0.15) is 24.1 Å². The van der Waals surface area contributed by atoms with Gasteiger partial charge in [-0.3, -0.25) is 9.69 Å². The predicted molar refractivity (Wildman–Crippen MR) is 75.5 cm³/mol. The molecule has 0 aliphatic carbocycles. The molecule has 0 amide bonds. The molecular formula is C14H16N2O3S. The van der Waals surface area contributed by atoms with Crippen LogP contribution >= 0.6 is 11.3 Å².